The van der Waals surface area contributed by atoms with Gasteiger partial charge in [-0.25, -0.2) is 9.97 Å². The fourth-order valence-electron chi connectivity index (χ4n) is 1.23. The quantitative estimate of drug-likeness (QED) is 0.481. The van der Waals surface area contributed by atoms with Gasteiger partial charge in [0.05, 0.1) is 0 Å². The van der Waals surface area contributed by atoms with Crippen molar-refractivity contribution in [3.63, 3.8) is 0 Å². The SMILES string of the molecule is CC(=O)OC(OC(C)=O)(c1ncccn1)C(Cl)(Cl)Cl. The van der Waals surface area contributed by atoms with Gasteiger partial charge in [0, 0.05) is 26.2 Å². The lowest BCUT2D eigenvalue weighted by atomic mass is 10.2. The highest BCUT2D eigenvalue weighted by atomic mass is 35.6. The third kappa shape index (κ3) is 3.68. The zero-order valence-electron chi connectivity index (χ0n) is 9.89. The summed E-state index contributed by atoms with van der Waals surface area (Å²) in [6.45, 7) is 2.13. The average Bonchev–Trinajstić information content (AvgIpc) is 2.26. The predicted molar refractivity (Wildman–Crippen MR) is 67.5 cm³/mol. The van der Waals surface area contributed by atoms with E-state index >= 15 is 0 Å². The van der Waals surface area contributed by atoms with E-state index in [1.807, 2.05) is 0 Å². The van der Waals surface area contributed by atoms with Gasteiger partial charge in [0.1, 0.15) is 0 Å². The van der Waals surface area contributed by atoms with Crippen LogP contribution in [-0.2, 0) is 24.8 Å². The molecular weight excluding hydrogens is 318 g/mol. The average molecular weight is 328 g/mol. The van der Waals surface area contributed by atoms with Crippen LogP contribution in [0.5, 0.6) is 0 Å². The van der Waals surface area contributed by atoms with Gasteiger partial charge in [-0.05, 0) is 6.07 Å². The Hall–Kier alpha value is -1.11. The summed E-state index contributed by atoms with van der Waals surface area (Å²) in [5.41, 5.74) is 0. The van der Waals surface area contributed by atoms with Crippen LogP contribution in [0.2, 0.25) is 0 Å². The van der Waals surface area contributed by atoms with E-state index in [2.05, 4.69) is 9.97 Å². The smallest absolute Gasteiger partial charge is 0.365 e. The minimum Gasteiger partial charge on any atom is -0.411 e. The fraction of sp³-hybridized carbons (Fsp3) is 0.400. The van der Waals surface area contributed by atoms with Gasteiger partial charge in [-0.2, -0.15) is 0 Å². The summed E-state index contributed by atoms with van der Waals surface area (Å²) in [5.74, 6) is -4.28. The molecule has 0 aliphatic carbocycles. The third-order valence-electron chi connectivity index (χ3n) is 1.81. The van der Waals surface area contributed by atoms with E-state index in [1.54, 1.807) is 0 Å². The Labute approximate surface area is 124 Å². The van der Waals surface area contributed by atoms with E-state index in [4.69, 9.17) is 44.3 Å². The number of carbonyl (C=O) groups is 2. The van der Waals surface area contributed by atoms with Crippen LogP contribution in [0, 0.1) is 0 Å². The van der Waals surface area contributed by atoms with Crippen molar-refractivity contribution in [2.45, 2.75) is 23.4 Å². The summed E-state index contributed by atoms with van der Waals surface area (Å²) in [6.07, 6.45) is 2.64. The molecule has 0 radical (unpaired) electrons. The largest absolute Gasteiger partial charge is 0.411 e. The predicted octanol–water partition coefficient (Wildman–Crippen LogP) is 2.13. The van der Waals surface area contributed by atoms with Gasteiger partial charge in [0.2, 0.25) is 5.82 Å². The van der Waals surface area contributed by atoms with E-state index in [0.717, 1.165) is 13.8 Å². The molecule has 0 unspecified atom stereocenters. The van der Waals surface area contributed by atoms with Crippen LogP contribution in [0.3, 0.4) is 0 Å². The summed E-state index contributed by atoms with van der Waals surface area (Å²) in [6, 6.07) is 1.49. The van der Waals surface area contributed by atoms with Crippen molar-refractivity contribution in [1.82, 2.24) is 9.97 Å². The van der Waals surface area contributed by atoms with Crippen molar-refractivity contribution in [2.24, 2.45) is 0 Å². The van der Waals surface area contributed by atoms with Gasteiger partial charge in [-0.15, -0.1) is 0 Å². The van der Waals surface area contributed by atoms with E-state index in [1.165, 1.54) is 18.5 Å². The van der Waals surface area contributed by atoms with Crippen molar-refractivity contribution < 1.29 is 19.1 Å². The number of hydrogen-bond donors (Lipinski definition) is 0. The summed E-state index contributed by atoms with van der Waals surface area (Å²) in [5, 5.41) is 0. The van der Waals surface area contributed by atoms with Gasteiger partial charge in [0.15, 0.2) is 0 Å². The number of carbonyl (C=O) groups excluding carboxylic acids is 2. The summed E-state index contributed by atoms with van der Waals surface area (Å²) < 4.78 is 7.48. The van der Waals surface area contributed by atoms with Gasteiger partial charge >= 0.3 is 17.7 Å². The maximum atomic E-state index is 11.2. The standard InChI is InChI=1S/C10H9Cl3N2O4/c1-6(16)18-9(10(11,12)13,19-7(2)17)8-14-4-3-5-15-8/h3-5H,1-2H3. The van der Waals surface area contributed by atoms with Crippen LogP contribution in [0.1, 0.15) is 19.7 Å². The Morgan fingerprint density at radius 2 is 1.47 bits per heavy atom. The summed E-state index contributed by atoms with van der Waals surface area (Å²) in [7, 11) is 0. The van der Waals surface area contributed by atoms with Gasteiger partial charge in [-0.1, -0.05) is 34.8 Å². The lowest BCUT2D eigenvalue weighted by Crippen LogP contribution is -2.48. The van der Waals surface area contributed by atoms with Crippen molar-refractivity contribution in [2.75, 3.05) is 0 Å². The molecule has 0 atom stereocenters. The molecule has 0 spiro atoms. The molecule has 1 aromatic heterocycles. The molecule has 104 valence electrons. The highest BCUT2D eigenvalue weighted by Gasteiger charge is 2.59. The summed E-state index contributed by atoms with van der Waals surface area (Å²) in [4.78, 5) is 30.0. The van der Waals surface area contributed by atoms with E-state index < -0.39 is 21.5 Å². The molecule has 0 aliphatic rings. The number of hydrogen-bond acceptors (Lipinski definition) is 6. The highest BCUT2D eigenvalue weighted by Crippen LogP contribution is 2.47. The molecule has 0 amide bonds. The van der Waals surface area contributed by atoms with Crippen LogP contribution < -0.4 is 0 Å². The number of nitrogens with zero attached hydrogens (tertiary/aromatic N) is 2. The Kier molecular flexibility index (Phi) is 4.95. The summed E-state index contributed by atoms with van der Waals surface area (Å²) >= 11 is 17.3. The van der Waals surface area contributed by atoms with Crippen LogP contribution in [0.25, 0.3) is 0 Å². The molecule has 6 nitrogen and oxygen atoms in total. The second-order valence-corrected chi connectivity index (χ2v) is 5.66. The number of rotatable bonds is 3. The van der Waals surface area contributed by atoms with Gasteiger partial charge in [0.25, 0.3) is 3.79 Å². The molecule has 1 rings (SSSR count). The first kappa shape index (κ1) is 15.9. The van der Waals surface area contributed by atoms with Crippen LogP contribution in [0.15, 0.2) is 18.5 Å². The van der Waals surface area contributed by atoms with E-state index in [0.29, 0.717) is 0 Å². The molecule has 0 bridgehead atoms. The zero-order chi connectivity index (χ0) is 14.7. The lowest BCUT2D eigenvalue weighted by molar-refractivity contribution is -0.233. The minimum absolute atomic E-state index is 0.264. The number of alkyl halides is 3. The number of aromatic nitrogens is 2. The maximum Gasteiger partial charge on any atom is 0.365 e. The molecular formula is C10H9Cl3N2O4. The third-order valence-corrected chi connectivity index (χ3v) is 2.55. The Morgan fingerprint density at radius 1 is 1.05 bits per heavy atom. The molecule has 9 heteroatoms. The van der Waals surface area contributed by atoms with Crippen LogP contribution in [-0.4, -0.2) is 25.7 Å². The molecule has 19 heavy (non-hydrogen) atoms. The monoisotopic (exact) mass is 326 g/mol. The molecule has 0 fully saturated rings. The first-order chi connectivity index (χ1) is 8.69. The first-order valence-electron chi connectivity index (χ1n) is 4.92. The Balaban J connectivity index is 3.43. The van der Waals surface area contributed by atoms with Gasteiger partial charge in [-0.3, -0.25) is 9.59 Å². The molecule has 1 heterocycles. The van der Waals surface area contributed by atoms with Crippen molar-refractivity contribution in [1.29, 1.82) is 0 Å². The minimum atomic E-state index is -2.35. The second kappa shape index (κ2) is 5.90. The highest BCUT2D eigenvalue weighted by molar-refractivity contribution is 6.68. The topological polar surface area (TPSA) is 78.4 Å². The second-order valence-electron chi connectivity index (χ2n) is 3.37. The van der Waals surface area contributed by atoms with Crippen molar-refractivity contribution in [3.8, 4) is 0 Å². The van der Waals surface area contributed by atoms with Crippen LogP contribution in [0.4, 0.5) is 0 Å². The number of halogens is 3. The molecule has 0 aromatic carbocycles. The molecule has 0 aliphatic heterocycles. The Morgan fingerprint density at radius 3 is 1.79 bits per heavy atom. The molecule has 1 aromatic rings. The lowest BCUT2D eigenvalue weighted by Gasteiger charge is -2.35. The maximum absolute atomic E-state index is 11.2. The normalized spacial score (nSPS) is 11.8. The number of ether oxygens (including phenoxy) is 2. The van der Waals surface area contributed by atoms with Gasteiger partial charge < -0.3 is 9.47 Å². The van der Waals surface area contributed by atoms with Crippen molar-refractivity contribution in [3.05, 3.63) is 24.3 Å². The van der Waals surface area contributed by atoms with E-state index in [9.17, 15) is 9.59 Å². The molecule has 0 saturated heterocycles. The zero-order valence-corrected chi connectivity index (χ0v) is 12.2. The Bertz CT molecular complexity index is 459. The van der Waals surface area contributed by atoms with E-state index in [-0.39, 0.29) is 5.82 Å². The van der Waals surface area contributed by atoms with Crippen LogP contribution >= 0.6 is 34.8 Å². The van der Waals surface area contributed by atoms with Crippen molar-refractivity contribution >= 4 is 46.7 Å². The molecule has 0 saturated carbocycles. The molecule has 0 N–H and O–H groups in total. The fourth-order valence-corrected chi connectivity index (χ4v) is 1.71. The first-order valence-corrected chi connectivity index (χ1v) is 6.06. The number of esters is 2.